The largest absolute Gasteiger partial charge is 0.450 e. The number of anilines is 2. The van der Waals surface area contributed by atoms with Gasteiger partial charge in [0.05, 0.1) is 23.2 Å². The number of nitrogens with zero attached hydrogens (tertiary/aromatic N) is 4. The van der Waals surface area contributed by atoms with Gasteiger partial charge in [-0.15, -0.1) is 10.2 Å². The lowest BCUT2D eigenvalue weighted by atomic mass is 9.84. The lowest BCUT2D eigenvalue weighted by Gasteiger charge is -2.32. The van der Waals surface area contributed by atoms with Gasteiger partial charge < -0.3 is 9.32 Å². The minimum atomic E-state index is -1.90. The maximum Gasteiger partial charge on any atom is 0.297 e. The third-order valence-corrected chi connectivity index (χ3v) is 8.51. The summed E-state index contributed by atoms with van der Waals surface area (Å²) in [5, 5.41) is 9.23. The fraction of sp³-hybridized carbons (Fsp3) is 0.167. The van der Waals surface area contributed by atoms with Gasteiger partial charge in [-0.05, 0) is 43.2 Å². The van der Waals surface area contributed by atoms with E-state index in [4.69, 9.17) is 4.42 Å². The van der Waals surface area contributed by atoms with Gasteiger partial charge in [-0.1, -0.05) is 66.3 Å². The number of amides is 2. The molecule has 7 rings (SSSR count). The van der Waals surface area contributed by atoms with Crippen LogP contribution in [0.25, 0.3) is 11.0 Å². The topological polar surface area (TPSA) is 96.6 Å². The van der Waals surface area contributed by atoms with Crippen LogP contribution in [0, 0.1) is 12.7 Å². The summed E-state index contributed by atoms with van der Waals surface area (Å²) in [6.45, 7) is 4.08. The molecule has 10 heteroatoms. The van der Waals surface area contributed by atoms with Crippen molar-refractivity contribution in [3.05, 3.63) is 116 Å². The summed E-state index contributed by atoms with van der Waals surface area (Å²) in [5.74, 6) is -2.08. The number of carbonyl (C=O) groups excluding carboxylic acids is 2. The summed E-state index contributed by atoms with van der Waals surface area (Å²) in [6.07, 6.45) is 0.573. The van der Waals surface area contributed by atoms with Gasteiger partial charge in [0, 0.05) is 5.56 Å². The van der Waals surface area contributed by atoms with Crippen LogP contribution in [0.2, 0.25) is 0 Å². The molecule has 5 aromatic rings. The van der Waals surface area contributed by atoms with Crippen molar-refractivity contribution in [2.75, 3.05) is 9.80 Å². The van der Waals surface area contributed by atoms with Gasteiger partial charge in [0.25, 0.3) is 11.8 Å². The van der Waals surface area contributed by atoms with Crippen molar-refractivity contribution in [2.45, 2.75) is 32.4 Å². The van der Waals surface area contributed by atoms with Crippen molar-refractivity contribution >= 4 is 44.9 Å². The second-order valence-electron chi connectivity index (χ2n) is 9.86. The molecule has 3 aromatic carbocycles. The van der Waals surface area contributed by atoms with Crippen molar-refractivity contribution < 1.29 is 18.4 Å². The van der Waals surface area contributed by atoms with Crippen molar-refractivity contribution in [2.24, 2.45) is 0 Å². The minimum absolute atomic E-state index is 0.0531. The molecule has 2 aliphatic heterocycles. The van der Waals surface area contributed by atoms with Crippen LogP contribution in [0.15, 0.2) is 75.9 Å². The zero-order valence-corrected chi connectivity index (χ0v) is 22.3. The number of rotatable bonds is 4. The van der Waals surface area contributed by atoms with Crippen molar-refractivity contribution in [3.63, 3.8) is 0 Å². The highest BCUT2D eigenvalue weighted by molar-refractivity contribution is 7.15. The van der Waals surface area contributed by atoms with E-state index >= 15 is 0 Å². The number of hydrogen-bond acceptors (Lipinski definition) is 7. The molecule has 198 valence electrons. The maximum atomic E-state index is 14.8. The third-order valence-electron chi connectivity index (χ3n) is 7.46. The van der Waals surface area contributed by atoms with Crippen LogP contribution < -0.4 is 15.2 Å². The molecule has 1 unspecified atom stereocenters. The third kappa shape index (κ3) is 3.19. The lowest BCUT2D eigenvalue weighted by molar-refractivity contribution is -0.121. The van der Waals surface area contributed by atoms with E-state index in [9.17, 15) is 18.8 Å². The molecule has 2 amide bonds. The Morgan fingerprint density at radius 2 is 1.82 bits per heavy atom. The molecule has 0 radical (unpaired) electrons. The van der Waals surface area contributed by atoms with Gasteiger partial charge in [-0.3, -0.25) is 19.3 Å². The molecule has 8 nitrogen and oxygen atoms in total. The monoisotopic (exact) mass is 552 g/mol. The Kier molecular flexibility index (Phi) is 5.27. The van der Waals surface area contributed by atoms with Crippen LogP contribution in [-0.4, -0.2) is 22.0 Å². The molecular weight excluding hydrogens is 531 g/mol. The standard InChI is InChI=1S/C30H21FN4O4S/c1-3-23-32-33-29(40-23)35-27(37)26-24(25(36)19-14-18(31)11-12-22(19)39-26)30(35)20-9-4-5-10-21(20)34(28(30)38)15-17-8-6-7-16(2)13-17/h4-14H,3,15H2,1-2H3. The van der Waals surface area contributed by atoms with Gasteiger partial charge in [0.2, 0.25) is 10.9 Å². The van der Waals surface area contributed by atoms with Crippen LogP contribution >= 0.6 is 11.3 Å². The Balaban J connectivity index is 1.56. The molecule has 40 heavy (non-hydrogen) atoms. The van der Waals surface area contributed by atoms with Gasteiger partial charge in [-0.2, -0.15) is 0 Å². The average Bonchev–Trinajstić information content (AvgIpc) is 3.59. The summed E-state index contributed by atoms with van der Waals surface area (Å²) >= 11 is 1.17. The molecule has 0 saturated heterocycles. The maximum absolute atomic E-state index is 14.8. The SMILES string of the molecule is CCc1nnc(N2C(=O)c3oc4ccc(F)cc4c(=O)c3C23C(=O)N(Cc2cccc(C)c2)c2ccccc23)s1. The summed E-state index contributed by atoms with van der Waals surface area (Å²) in [4.78, 5) is 46.0. The predicted molar refractivity (Wildman–Crippen MR) is 148 cm³/mol. The Morgan fingerprint density at radius 3 is 2.60 bits per heavy atom. The molecule has 0 fully saturated rings. The van der Waals surface area contributed by atoms with Crippen molar-refractivity contribution in [1.29, 1.82) is 0 Å². The Hall–Kier alpha value is -4.70. The number of hydrogen-bond donors (Lipinski definition) is 0. The van der Waals surface area contributed by atoms with E-state index in [1.807, 2.05) is 38.1 Å². The normalized spacial score (nSPS) is 17.8. The lowest BCUT2D eigenvalue weighted by Crippen LogP contribution is -2.53. The number of aromatic nitrogens is 2. The first kappa shape index (κ1) is 24.3. The first-order valence-electron chi connectivity index (χ1n) is 12.8. The van der Waals surface area contributed by atoms with Gasteiger partial charge in [0.1, 0.15) is 16.4 Å². The number of aryl methyl sites for hydroxylation is 2. The number of fused-ring (bicyclic) bond motifs is 5. The highest BCUT2D eigenvalue weighted by Gasteiger charge is 2.66. The molecule has 2 aromatic heterocycles. The predicted octanol–water partition coefficient (Wildman–Crippen LogP) is 5.11. The van der Waals surface area contributed by atoms with E-state index in [-0.39, 0.29) is 34.0 Å². The van der Waals surface area contributed by atoms with Crippen molar-refractivity contribution in [3.8, 4) is 0 Å². The second-order valence-corrected chi connectivity index (χ2v) is 10.9. The van der Waals surface area contributed by atoms with Crippen LogP contribution in [0.1, 0.15) is 44.7 Å². The molecule has 1 atom stereocenters. The molecule has 0 bridgehead atoms. The highest BCUT2D eigenvalue weighted by Crippen LogP contribution is 2.54. The minimum Gasteiger partial charge on any atom is -0.450 e. The molecular formula is C30H21FN4O4S. The molecule has 0 saturated carbocycles. The number of carbonyl (C=O) groups is 2. The summed E-state index contributed by atoms with van der Waals surface area (Å²) in [5.41, 5.74) is 0.268. The van der Waals surface area contributed by atoms with E-state index < -0.39 is 28.6 Å². The summed E-state index contributed by atoms with van der Waals surface area (Å²) in [6, 6.07) is 18.4. The van der Waals surface area contributed by atoms with Crippen molar-refractivity contribution in [1.82, 2.24) is 10.2 Å². The number of benzene rings is 3. The Morgan fingerprint density at radius 1 is 1.00 bits per heavy atom. The number of halogens is 1. The molecule has 0 N–H and O–H groups in total. The van der Waals surface area contributed by atoms with Gasteiger partial charge in [-0.25, -0.2) is 4.39 Å². The smallest absolute Gasteiger partial charge is 0.297 e. The van der Waals surface area contributed by atoms with E-state index in [0.717, 1.165) is 23.3 Å². The Bertz CT molecular complexity index is 1950. The number of para-hydroxylation sites is 1. The van der Waals surface area contributed by atoms with E-state index in [2.05, 4.69) is 10.2 Å². The fourth-order valence-electron chi connectivity index (χ4n) is 5.76. The highest BCUT2D eigenvalue weighted by atomic mass is 32.1. The summed E-state index contributed by atoms with van der Waals surface area (Å²) < 4.78 is 20.3. The van der Waals surface area contributed by atoms with E-state index in [1.54, 1.807) is 29.2 Å². The zero-order valence-electron chi connectivity index (χ0n) is 21.5. The zero-order chi connectivity index (χ0) is 27.8. The first-order valence-corrected chi connectivity index (χ1v) is 13.6. The van der Waals surface area contributed by atoms with Crippen LogP contribution in [0.4, 0.5) is 15.2 Å². The first-order chi connectivity index (χ1) is 19.3. The second kappa shape index (κ2) is 8.65. The summed E-state index contributed by atoms with van der Waals surface area (Å²) in [7, 11) is 0. The van der Waals surface area contributed by atoms with E-state index in [1.165, 1.54) is 22.3 Å². The fourth-order valence-corrected chi connectivity index (χ4v) is 6.59. The van der Waals surface area contributed by atoms with Crippen LogP contribution in [0.5, 0.6) is 0 Å². The molecule has 4 heterocycles. The van der Waals surface area contributed by atoms with E-state index in [0.29, 0.717) is 22.7 Å². The van der Waals surface area contributed by atoms with Crippen LogP contribution in [-0.2, 0) is 23.3 Å². The van der Waals surface area contributed by atoms with Gasteiger partial charge in [0.15, 0.2) is 11.0 Å². The quantitative estimate of drug-likeness (QED) is 0.308. The van der Waals surface area contributed by atoms with Gasteiger partial charge >= 0.3 is 0 Å². The van der Waals surface area contributed by atoms with Crippen LogP contribution in [0.3, 0.4) is 0 Å². The Labute approximate surface area is 231 Å². The molecule has 1 spiro atoms. The average molecular weight is 553 g/mol. The molecule has 2 aliphatic rings. The molecule has 0 aliphatic carbocycles.